The van der Waals surface area contributed by atoms with Crippen molar-refractivity contribution in [3.8, 4) is 22.5 Å². The average molecular weight is 625 g/mol. The monoisotopic (exact) mass is 624 g/mol. The Morgan fingerprint density at radius 3 is 1.53 bits per heavy atom. The van der Waals surface area contributed by atoms with Gasteiger partial charge in [-0.05, 0) is 71.8 Å². The van der Waals surface area contributed by atoms with Gasteiger partial charge in [-0.2, -0.15) is 0 Å². The molecule has 3 nitrogen and oxygen atoms in total. The number of hydrogen-bond donors (Lipinski definition) is 0. The molecule has 49 heavy (non-hydrogen) atoms. The minimum absolute atomic E-state index is 0.913. The molecule has 0 amide bonds. The van der Waals surface area contributed by atoms with E-state index in [2.05, 4.69) is 173 Å². The third-order valence-corrected chi connectivity index (χ3v) is 10.3. The number of hydrogen-bond acceptors (Lipinski definition) is 1. The topological polar surface area (TPSA) is 23.0 Å². The Labute approximate surface area is 281 Å². The molecule has 0 bridgehead atoms. The van der Waals surface area contributed by atoms with Gasteiger partial charge in [0.2, 0.25) is 0 Å². The van der Waals surface area contributed by atoms with Crippen molar-refractivity contribution in [2.75, 3.05) is 0 Å². The fraction of sp³-hybridized carbons (Fsp3) is 0. The zero-order valence-electron chi connectivity index (χ0n) is 26.5. The Hall–Kier alpha value is -6.58. The summed E-state index contributed by atoms with van der Waals surface area (Å²) in [6.07, 6.45) is 0. The molecule has 228 valence electrons. The summed E-state index contributed by atoms with van der Waals surface area (Å²) < 4.78 is 11.3. The van der Waals surface area contributed by atoms with Crippen LogP contribution in [0.3, 0.4) is 0 Å². The molecule has 11 rings (SSSR count). The number of para-hydroxylation sites is 4. The highest BCUT2D eigenvalue weighted by Gasteiger charge is 2.19. The molecule has 11 aromatic rings. The van der Waals surface area contributed by atoms with Gasteiger partial charge in [-0.1, -0.05) is 109 Å². The Morgan fingerprint density at radius 1 is 0.327 bits per heavy atom. The lowest BCUT2D eigenvalue weighted by atomic mass is 10.0. The van der Waals surface area contributed by atoms with Crippen LogP contribution in [0.15, 0.2) is 174 Å². The van der Waals surface area contributed by atoms with Crippen molar-refractivity contribution >= 4 is 76.3 Å². The van der Waals surface area contributed by atoms with Gasteiger partial charge in [-0.25, -0.2) is 0 Å². The zero-order chi connectivity index (χ0) is 32.1. The number of rotatable bonds is 3. The van der Waals surface area contributed by atoms with Crippen molar-refractivity contribution in [1.29, 1.82) is 0 Å². The lowest BCUT2D eigenvalue weighted by molar-refractivity contribution is 0.672. The fourth-order valence-electron chi connectivity index (χ4n) is 8.13. The van der Waals surface area contributed by atoms with E-state index >= 15 is 0 Å². The minimum atomic E-state index is 0.913. The molecule has 0 saturated carbocycles. The first-order chi connectivity index (χ1) is 24.3. The predicted octanol–water partition coefficient (Wildman–Crippen LogP) is 12.6. The Morgan fingerprint density at radius 2 is 0.837 bits per heavy atom. The molecule has 3 aromatic heterocycles. The molecule has 0 saturated heterocycles. The van der Waals surface area contributed by atoms with Crippen LogP contribution >= 0.6 is 0 Å². The molecule has 3 heterocycles. The molecule has 0 aliphatic heterocycles. The van der Waals surface area contributed by atoms with E-state index in [1.807, 2.05) is 6.07 Å². The van der Waals surface area contributed by atoms with Gasteiger partial charge >= 0.3 is 0 Å². The summed E-state index contributed by atoms with van der Waals surface area (Å²) in [5, 5.41) is 9.55. The van der Waals surface area contributed by atoms with E-state index in [1.54, 1.807) is 0 Å². The second-order valence-electron chi connectivity index (χ2n) is 12.9. The molecular weight excluding hydrogens is 597 g/mol. The van der Waals surface area contributed by atoms with E-state index in [1.165, 1.54) is 65.8 Å². The van der Waals surface area contributed by atoms with E-state index < -0.39 is 0 Å². The van der Waals surface area contributed by atoms with Gasteiger partial charge in [0.25, 0.3) is 0 Å². The van der Waals surface area contributed by atoms with Crippen LogP contribution in [-0.2, 0) is 0 Å². The third kappa shape index (κ3) is 3.73. The molecule has 8 aromatic carbocycles. The van der Waals surface area contributed by atoms with Gasteiger partial charge in [0.05, 0.1) is 27.8 Å². The SMILES string of the molecule is c1ccc(-n2c3ccccc3c3cc(-c4ccc5c(c4)c4ccccc4n5-c4cc5c6ccccc6oc5c5ccccc45)ccc32)cc1. The Balaban J connectivity index is 1.16. The third-order valence-electron chi connectivity index (χ3n) is 10.3. The van der Waals surface area contributed by atoms with Gasteiger partial charge in [0, 0.05) is 48.8 Å². The minimum Gasteiger partial charge on any atom is -0.455 e. The van der Waals surface area contributed by atoms with E-state index in [0.29, 0.717) is 0 Å². The summed E-state index contributed by atoms with van der Waals surface area (Å²) in [5.74, 6) is 0. The number of benzene rings is 8. The van der Waals surface area contributed by atoms with Crippen LogP contribution < -0.4 is 0 Å². The lowest BCUT2D eigenvalue weighted by Crippen LogP contribution is -1.95. The summed E-state index contributed by atoms with van der Waals surface area (Å²) in [7, 11) is 0. The van der Waals surface area contributed by atoms with Gasteiger partial charge < -0.3 is 13.6 Å². The lowest BCUT2D eigenvalue weighted by Gasteiger charge is -2.13. The summed E-state index contributed by atoms with van der Waals surface area (Å²) in [6, 6.07) is 61.3. The maximum Gasteiger partial charge on any atom is 0.143 e. The second kappa shape index (κ2) is 9.96. The van der Waals surface area contributed by atoms with Crippen LogP contribution in [0.25, 0.3) is 98.8 Å². The van der Waals surface area contributed by atoms with Gasteiger partial charge in [0.1, 0.15) is 11.2 Å². The molecule has 0 radical (unpaired) electrons. The van der Waals surface area contributed by atoms with Crippen molar-refractivity contribution in [2.45, 2.75) is 0 Å². The molecule has 0 fully saturated rings. The molecule has 0 unspecified atom stereocenters. The summed E-state index contributed by atoms with van der Waals surface area (Å²) >= 11 is 0. The van der Waals surface area contributed by atoms with Crippen LogP contribution in [0.1, 0.15) is 0 Å². The molecule has 0 atom stereocenters. The van der Waals surface area contributed by atoms with Crippen molar-refractivity contribution in [3.63, 3.8) is 0 Å². The molecular formula is C46H28N2O. The predicted molar refractivity (Wildman–Crippen MR) is 205 cm³/mol. The Bertz CT molecular complexity index is 3100. The first kappa shape index (κ1) is 26.5. The van der Waals surface area contributed by atoms with Crippen molar-refractivity contribution in [1.82, 2.24) is 9.13 Å². The number of fused-ring (bicyclic) bond motifs is 11. The highest BCUT2D eigenvalue weighted by atomic mass is 16.3. The summed E-state index contributed by atoms with van der Waals surface area (Å²) in [5.41, 5.74) is 11.4. The maximum atomic E-state index is 6.45. The smallest absolute Gasteiger partial charge is 0.143 e. The van der Waals surface area contributed by atoms with Crippen molar-refractivity contribution < 1.29 is 4.42 Å². The standard InChI is InChI=1S/C46H28N2O/c1-2-12-31(13-3-1)47-40-19-9-6-15-33(40)37-26-29(22-24-42(37)47)30-23-25-43-38(27-30)34-16-7-10-20-41(34)48(43)44-28-39-35-17-8-11-21-45(35)49-46(39)36-18-5-4-14-32(36)44/h1-28H. The number of aromatic nitrogens is 2. The van der Waals surface area contributed by atoms with Gasteiger partial charge in [-0.15, -0.1) is 0 Å². The van der Waals surface area contributed by atoms with E-state index in [0.717, 1.165) is 33.0 Å². The van der Waals surface area contributed by atoms with Crippen molar-refractivity contribution in [2.24, 2.45) is 0 Å². The van der Waals surface area contributed by atoms with Crippen LogP contribution in [0.4, 0.5) is 0 Å². The molecule has 0 N–H and O–H groups in total. The normalized spacial score (nSPS) is 12.1. The summed E-state index contributed by atoms with van der Waals surface area (Å²) in [6.45, 7) is 0. The van der Waals surface area contributed by atoms with E-state index in [-0.39, 0.29) is 0 Å². The maximum absolute atomic E-state index is 6.45. The second-order valence-corrected chi connectivity index (χ2v) is 12.9. The Kier molecular flexibility index (Phi) is 5.38. The quantitative estimate of drug-likeness (QED) is 0.192. The first-order valence-electron chi connectivity index (χ1n) is 16.8. The van der Waals surface area contributed by atoms with Gasteiger partial charge in [0.15, 0.2) is 0 Å². The van der Waals surface area contributed by atoms with Crippen LogP contribution in [0.5, 0.6) is 0 Å². The molecule has 3 heteroatoms. The number of nitrogens with zero attached hydrogens (tertiary/aromatic N) is 2. The van der Waals surface area contributed by atoms with E-state index in [4.69, 9.17) is 4.42 Å². The van der Waals surface area contributed by atoms with E-state index in [9.17, 15) is 0 Å². The highest BCUT2D eigenvalue weighted by Crippen LogP contribution is 2.42. The zero-order valence-corrected chi connectivity index (χ0v) is 26.5. The molecule has 0 spiro atoms. The van der Waals surface area contributed by atoms with Crippen molar-refractivity contribution in [3.05, 3.63) is 170 Å². The van der Waals surface area contributed by atoms with Crippen LogP contribution in [-0.4, -0.2) is 9.13 Å². The summed E-state index contributed by atoms with van der Waals surface area (Å²) in [4.78, 5) is 0. The van der Waals surface area contributed by atoms with Gasteiger partial charge in [-0.3, -0.25) is 0 Å². The largest absolute Gasteiger partial charge is 0.455 e. The number of furan rings is 1. The van der Waals surface area contributed by atoms with Crippen LogP contribution in [0, 0.1) is 0 Å². The average Bonchev–Trinajstić information content (AvgIpc) is 3.82. The molecule has 0 aliphatic rings. The fourth-order valence-corrected chi connectivity index (χ4v) is 8.13. The van der Waals surface area contributed by atoms with Crippen LogP contribution in [0.2, 0.25) is 0 Å². The molecule has 0 aliphatic carbocycles. The highest BCUT2D eigenvalue weighted by molar-refractivity contribution is 6.19. The first-order valence-corrected chi connectivity index (χ1v) is 16.8.